The minimum Gasteiger partial charge on any atom is -0.493 e. The number of amides is 1. The van der Waals surface area contributed by atoms with E-state index in [0.29, 0.717) is 18.8 Å². The molecule has 2 heterocycles. The smallest absolute Gasteiger partial charge is 0.236 e. The van der Waals surface area contributed by atoms with Gasteiger partial charge >= 0.3 is 0 Å². The predicted octanol–water partition coefficient (Wildman–Crippen LogP) is 4.21. The van der Waals surface area contributed by atoms with Gasteiger partial charge in [0.1, 0.15) is 11.5 Å². The number of carbonyl (C=O) groups excluding carboxylic acids is 1. The molecule has 6 heteroatoms. The SMILES string of the molecule is COc1cc2c(cc1OC)C(c1ccccc1)N(CC(=O)N(C)Cc1ccc(C)o1)CC2. The molecule has 168 valence electrons. The Morgan fingerprint density at radius 1 is 1.09 bits per heavy atom. The van der Waals surface area contributed by atoms with Gasteiger partial charge in [0.25, 0.3) is 0 Å². The Kier molecular flexibility index (Phi) is 6.51. The van der Waals surface area contributed by atoms with Crippen LogP contribution in [0.1, 0.15) is 34.3 Å². The number of carbonyl (C=O) groups is 1. The van der Waals surface area contributed by atoms with Gasteiger partial charge in [-0.05, 0) is 54.3 Å². The van der Waals surface area contributed by atoms with E-state index in [2.05, 4.69) is 29.2 Å². The average molecular weight is 435 g/mol. The highest BCUT2D eigenvalue weighted by Crippen LogP contribution is 2.40. The highest BCUT2D eigenvalue weighted by molar-refractivity contribution is 5.78. The number of furan rings is 1. The fraction of sp³-hybridized carbons (Fsp3) is 0.346. The van der Waals surface area contributed by atoms with Crippen LogP contribution in [0, 0.1) is 6.92 Å². The van der Waals surface area contributed by atoms with Gasteiger partial charge in [-0.2, -0.15) is 0 Å². The quantitative estimate of drug-likeness (QED) is 0.558. The van der Waals surface area contributed by atoms with Gasteiger partial charge in [-0.15, -0.1) is 0 Å². The van der Waals surface area contributed by atoms with Gasteiger partial charge in [-0.3, -0.25) is 9.69 Å². The van der Waals surface area contributed by atoms with E-state index in [4.69, 9.17) is 13.9 Å². The number of hydrogen-bond acceptors (Lipinski definition) is 5. The molecule has 0 spiro atoms. The topological polar surface area (TPSA) is 55.2 Å². The first-order valence-corrected chi connectivity index (χ1v) is 10.8. The van der Waals surface area contributed by atoms with E-state index in [1.54, 1.807) is 19.1 Å². The number of aryl methyl sites for hydroxylation is 1. The third kappa shape index (κ3) is 4.50. The molecule has 3 aromatic rings. The Morgan fingerprint density at radius 3 is 2.47 bits per heavy atom. The summed E-state index contributed by atoms with van der Waals surface area (Å²) in [5, 5.41) is 0. The number of hydrogen-bond donors (Lipinski definition) is 0. The van der Waals surface area contributed by atoms with Gasteiger partial charge in [0.2, 0.25) is 5.91 Å². The maximum Gasteiger partial charge on any atom is 0.236 e. The first-order valence-electron chi connectivity index (χ1n) is 10.8. The first-order chi connectivity index (χ1) is 15.5. The third-order valence-corrected chi connectivity index (χ3v) is 6.04. The van der Waals surface area contributed by atoms with Crippen LogP contribution in [-0.4, -0.2) is 50.1 Å². The van der Waals surface area contributed by atoms with Crippen LogP contribution in [0.4, 0.5) is 0 Å². The van der Waals surface area contributed by atoms with E-state index in [1.165, 1.54) is 5.56 Å². The fourth-order valence-corrected chi connectivity index (χ4v) is 4.38. The number of methoxy groups -OCH3 is 2. The van der Waals surface area contributed by atoms with Gasteiger partial charge in [-0.1, -0.05) is 30.3 Å². The van der Waals surface area contributed by atoms with Crippen molar-refractivity contribution in [2.45, 2.75) is 25.9 Å². The summed E-state index contributed by atoms with van der Waals surface area (Å²) >= 11 is 0. The zero-order valence-corrected chi connectivity index (χ0v) is 19.1. The zero-order chi connectivity index (χ0) is 22.7. The molecule has 4 rings (SSSR count). The second-order valence-corrected chi connectivity index (χ2v) is 8.20. The summed E-state index contributed by atoms with van der Waals surface area (Å²) in [6.07, 6.45) is 0.841. The van der Waals surface area contributed by atoms with E-state index in [1.807, 2.05) is 44.3 Å². The number of rotatable bonds is 7. The normalized spacial score (nSPS) is 15.8. The molecule has 0 saturated heterocycles. The number of likely N-dealkylation sites (N-methyl/N-ethyl adjacent to an activating group) is 1. The molecular weight excluding hydrogens is 404 g/mol. The lowest BCUT2D eigenvalue weighted by molar-refractivity contribution is -0.132. The summed E-state index contributed by atoms with van der Waals surface area (Å²) in [4.78, 5) is 17.1. The van der Waals surface area contributed by atoms with Crippen molar-refractivity contribution in [2.24, 2.45) is 0 Å². The van der Waals surface area contributed by atoms with Crippen molar-refractivity contribution in [3.05, 3.63) is 82.8 Å². The van der Waals surface area contributed by atoms with E-state index in [-0.39, 0.29) is 11.9 Å². The molecule has 0 N–H and O–H groups in total. The second kappa shape index (κ2) is 9.49. The number of ether oxygens (including phenoxy) is 2. The molecule has 0 aliphatic carbocycles. The fourth-order valence-electron chi connectivity index (χ4n) is 4.38. The van der Waals surface area contributed by atoms with E-state index < -0.39 is 0 Å². The molecule has 1 aliphatic heterocycles. The van der Waals surface area contributed by atoms with Crippen LogP contribution < -0.4 is 9.47 Å². The molecule has 1 amide bonds. The summed E-state index contributed by atoms with van der Waals surface area (Å²) in [6, 6.07) is 18.2. The molecule has 0 fully saturated rings. The molecule has 1 unspecified atom stereocenters. The first kappa shape index (κ1) is 22.0. The average Bonchev–Trinajstić information content (AvgIpc) is 3.22. The molecule has 0 saturated carbocycles. The van der Waals surface area contributed by atoms with Crippen LogP contribution in [0.25, 0.3) is 0 Å². The minimum absolute atomic E-state index is 0.0389. The standard InChI is InChI=1S/C26H30N2O4/c1-18-10-11-21(32-18)16-27(2)25(29)17-28-13-12-20-14-23(30-3)24(31-4)15-22(20)26(28)19-8-6-5-7-9-19/h5-11,14-15,26H,12-13,16-17H2,1-4H3. The van der Waals surface area contributed by atoms with Crippen LogP contribution >= 0.6 is 0 Å². The molecule has 0 bridgehead atoms. The van der Waals surface area contributed by atoms with E-state index in [0.717, 1.165) is 41.4 Å². The number of benzene rings is 2. The monoisotopic (exact) mass is 434 g/mol. The van der Waals surface area contributed by atoms with Crippen LogP contribution in [0.15, 0.2) is 59.0 Å². The van der Waals surface area contributed by atoms with Gasteiger partial charge in [-0.25, -0.2) is 0 Å². The lowest BCUT2D eigenvalue weighted by atomic mass is 9.87. The van der Waals surface area contributed by atoms with Crippen molar-refractivity contribution >= 4 is 5.91 Å². The van der Waals surface area contributed by atoms with E-state index >= 15 is 0 Å². The van der Waals surface area contributed by atoms with Gasteiger partial charge < -0.3 is 18.8 Å². The van der Waals surface area contributed by atoms with Crippen LogP contribution in [0.5, 0.6) is 11.5 Å². The van der Waals surface area contributed by atoms with Gasteiger partial charge in [0, 0.05) is 13.6 Å². The largest absolute Gasteiger partial charge is 0.493 e. The lowest BCUT2D eigenvalue weighted by Crippen LogP contribution is -2.43. The summed E-state index contributed by atoms with van der Waals surface area (Å²) in [7, 11) is 5.13. The van der Waals surface area contributed by atoms with Crippen LogP contribution in [0.3, 0.4) is 0 Å². The Balaban J connectivity index is 1.62. The summed E-state index contributed by atoms with van der Waals surface area (Å²) in [5.74, 6) is 3.13. The molecule has 2 aromatic carbocycles. The van der Waals surface area contributed by atoms with Crippen molar-refractivity contribution in [1.29, 1.82) is 0 Å². The summed E-state index contributed by atoms with van der Waals surface area (Å²) in [5.41, 5.74) is 3.52. The Labute approximate surface area is 189 Å². The molecule has 32 heavy (non-hydrogen) atoms. The Hall–Kier alpha value is -3.25. The van der Waals surface area contributed by atoms with Crippen molar-refractivity contribution in [1.82, 2.24) is 9.80 Å². The maximum absolute atomic E-state index is 13.1. The highest BCUT2D eigenvalue weighted by atomic mass is 16.5. The third-order valence-electron chi connectivity index (χ3n) is 6.04. The lowest BCUT2D eigenvalue weighted by Gasteiger charge is -2.38. The molecule has 6 nitrogen and oxygen atoms in total. The van der Waals surface area contributed by atoms with Gasteiger partial charge in [0.05, 0.1) is 33.4 Å². The second-order valence-electron chi connectivity index (χ2n) is 8.20. The molecule has 1 aromatic heterocycles. The Morgan fingerprint density at radius 2 is 1.81 bits per heavy atom. The van der Waals surface area contributed by atoms with Crippen molar-refractivity contribution < 1.29 is 18.7 Å². The van der Waals surface area contributed by atoms with Crippen molar-refractivity contribution in [3.8, 4) is 11.5 Å². The molecular formula is C26H30N2O4. The van der Waals surface area contributed by atoms with Crippen LogP contribution in [-0.2, 0) is 17.8 Å². The highest BCUT2D eigenvalue weighted by Gasteiger charge is 2.32. The van der Waals surface area contributed by atoms with E-state index in [9.17, 15) is 4.79 Å². The summed E-state index contributed by atoms with van der Waals surface area (Å²) in [6.45, 7) is 3.47. The van der Waals surface area contributed by atoms with Crippen molar-refractivity contribution in [2.75, 3.05) is 34.4 Å². The van der Waals surface area contributed by atoms with Crippen molar-refractivity contribution in [3.63, 3.8) is 0 Å². The number of nitrogens with zero attached hydrogens (tertiary/aromatic N) is 2. The summed E-state index contributed by atoms with van der Waals surface area (Å²) < 4.78 is 16.7. The zero-order valence-electron chi connectivity index (χ0n) is 19.1. The number of fused-ring (bicyclic) bond motifs is 1. The molecule has 1 aliphatic rings. The van der Waals surface area contributed by atoms with Gasteiger partial charge in [0.15, 0.2) is 11.5 Å². The predicted molar refractivity (Wildman–Crippen MR) is 123 cm³/mol. The molecule has 0 radical (unpaired) electrons. The maximum atomic E-state index is 13.1. The molecule has 1 atom stereocenters. The minimum atomic E-state index is -0.0389. The Bertz CT molecular complexity index is 1080. The van der Waals surface area contributed by atoms with Crippen LogP contribution in [0.2, 0.25) is 0 Å².